The van der Waals surface area contributed by atoms with Crippen LogP contribution in [0.2, 0.25) is 0 Å². The Bertz CT molecular complexity index is 483. The Hall–Kier alpha value is -2.17. The number of anilines is 1. The lowest BCUT2D eigenvalue weighted by Crippen LogP contribution is -2.34. The van der Waals surface area contributed by atoms with Gasteiger partial charge in [-0.05, 0) is 12.1 Å². The van der Waals surface area contributed by atoms with Gasteiger partial charge in [0.2, 0.25) is 17.7 Å². The van der Waals surface area contributed by atoms with Crippen LogP contribution in [0, 0.1) is 0 Å². The molecule has 1 saturated heterocycles. The van der Waals surface area contributed by atoms with Crippen LogP contribution in [-0.2, 0) is 14.4 Å². The molecule has 0 spiro atoms. The molecule has 5 heteroatoms. The molecule has 1 heterocycles. The number of carbonyl (C=O) groups excluding carboxylic acids is 3. The Labute approximate surface area is 111 Å². The van der Waals surface area contributed by atoms with Crippen molar-refractivity contribution in [3.05, 3.63) is 30.3 Å². The second kappa shape index (κ2) is 5.65. The largest absolute Gasteiger partial charge is 0.315 e. The molecule has 19 heavy (non-hydrogen) atoms. The van der Waals surface area contributed by atoms with E-state index in [-0.39, 0.29) is 43.5 Å². The van der Waals surface area contributed by atoms with E-state index >= 15 is 0 Å². The van der Waals surface area contributed by atoms with Gasteiger partial charge >= 0.3 is 0 Å². The molecular formula is C14H16N2O3. The molecular weight excluding hydrogens is 244 g/mol. The third-order valence-electron chi connectivity index (χ3n) is 3.22. The second-order valence-electron chi connectivity index (χ2n) is 4.48. The normalized spacial score (nSPS) is 14.9. The lowest BCUT2D eigenvalue weighted by Gasteiger charge is -2.19. The van der Waals surface area contributed by atoms with Crippen molar-refractivity contribution < 1.29 is 14.4 Å². The van der Waals surface area contributed by atoms with E-state index in [1.54, 1.807) is 7.05 Å². The fourth-order valence-corrected chi connectivity index (χ4v) is 2.04. The minimum Gasteiger partial charge on any atom is -0.315 e. The Kier molecular flexibility index (Phi) is 3.94. The van der Waals surface area contributed by atoms with Gasteiger partial charge < -0.3 is 4.90 Å². The molecule has 0 unspecified atom stereocenters. The van der Waals surface area contributed by atoms with Crippen LogP contribution in [0.5, 0.6) is 0 Å². The highest BCUT2D eigenvalue weighted by Gasteiger charge is 2.29. The number of hydrogen-bond acceptors (Lipinski definition) is 3. The van der Waals surface area contributed by atoms with E-state index in [4.69, 9.17) is 0 Å². The number of likely N-dealkylation sites (tertiary alicyclic amines) is 1. The van der Waals surface area contributed by atoms with E-state index in [0.29, 0.717) is 0 Å². The number of benzene rings is 1. The fourth-order valence-electron chi connectivity index (χ4n) is 2.04. The predicted octanol–water partition coefficient (Wildman–Crippen LogP) is 1.19. The van der Waals surface area contributed by atoms with Gasteiger partial charge in [-0.3, -0.25) is 19.3 Å². The van der Waals surface area contributed by atoms with Gasteiger partial charge in [-0.2, -0.15) is 0 Å². The van der Waals surface area contributed by atoms with Crippen molar-refractivity contribution in [2.45, 2.75) is 19.3 Å². The highest BCUT2D eigenvalue weighted by Crippen LogP contribution is 2.15. The maximum absolute atomic E-state index is 12.0. The Balaban J connectivity index is 1.91. The summed E-state index contributed by atoms with van der Waals surface area (Å²) in [5, 5.41) is 0. The van der Waals surface area contributed by atoms with Gasteiger partial charge in [0.25, 0.3) is 0 Å². The average Bonchev–Trinajstić information content (AvgIpc) is 2.75. The fraction of sp³-hybridized carbons (Fsp3) is 0.357. The summed E-state index contributed by atoms with van der Waals surface area (Å²) in [7, 11) is 1.69. The number of amides is 3. The molecule has 100 valence electrons. The van der Waals surface area contributed by atoms with Gasteiger partial charge in [-0.15, -0.1) is 0 Å². The summed E-state index contributed by atoms with van der Waals surface area (Å²) >= 11 is 0. The zero-order valence-corrected chi connectivity index (χ0v) is 10.8. The summed E-state index contributed by atoms with van der Waals surface area (Å²) in [4.78, 5) is 37.5. The van der Waals surface area contributed by atoms with Crippen LogP contribution in [0.1, 0.15) is 19.3 Å². The minimum atomic E-state index is -0.180. The molecule has 1 aromatic rings. The van der Waals surface area contributed by atoms with Gasteiger partial charge in [-0.1, -0.05) is 18.2 Å². The zero-order chi connectivity index (χ0) is 13.8. The third kappa shape index (κ3) is 2.99. The van der Waals surface area contributed by atoms with E-state index in [9.17, 15) is 14.4 Å². The van der Waals surface area contributed by atoms with Crippen molar-refractivity contribution in [1.82, 2.24) is 4.90 Å². The molecule has 1 fully saturated rings. The number of imide groups is 1. The quantitative estimate of drug-likeness (QED) is 0.764. The van der Waals surface area contributed by atoms with Gasteiger partial charge in [0, 0.05) is 38.5 Å². The van der Waals surface area contributed by atoms with Gasteiger partial charge in [0.05, 0.1) is 0 Å². The topological polar surface area (TPSA) is 57.7 Å². The smallest absolute Gasteiger partial charge is 0.229 e. The Morgan fingerprint density at radius 1 is 1.16 bits per heavy atom. The standard InChI is InChI=1S/C14H16N2O3/c1-15(11-5-3-2-4-6-11)12(17)9-10-16-13(18)7-8-14(16)19/h2-6H,7-10H2,1H3. The molecule has 0 aliphatic carbocycles. The van der Waals surface area contributed by atoms with Crippen LogP contribution in [0.25, 0.3) is 0 Å². The Morgan fingerprint density at radius 2 is 1.74 bits per heavy atom. The molecule has 0 radical (unpaired) electrons. The number of carbonyl (C=O) groups is 3. The van der Waals surface area contributed by atoms with Crippen molar-refractivity contribution >= 4 is 23.4 Å². The first-order valence-corrected chi connectivity index (χ1v) is 6.24. The van der Waals surface area contributed by atoms with Crippen molar-refractivity contribution in [2.75, 3.05) is 18.5 Å². The molecule has 1 aromatic carbocycles. The molecule has 0 N–H and O–H groups in total. The molecule has 3 amide bonds. The van der Waals surface area contributed by atoms with Crippen LogP contribution in [-0.4, -0.2) is 36.2 Å². The van der Waals surface area contributed by atoms with E-state index in [2.05, 4.69) is 0 Å². The summed E-state index contributed by atoms with van der Waals surface area (Å²) in [6.45, 7) is 0.174. The number of rotatable bonds is 4. The highest BCUT2D eigenvalue weighted by molar-refractivity contribution is 6.02. The highest BCUT2D eigenvalue weighted by atomic mass is 16.2. The first kappa shape index (κ1) is 13.3. The molecule has 5 nitrogen and oxygen atoms in total. The molecule has 1 aliphatic heterocycles. The third-order valence-corrected chi connectivity index (χ3v) is 3.22. The van der Waals surface area contributed by atoms with E-state index < -0.39 is 0 Å². The monoisotopic (exact) mass is 260 g/mol. The second-order valence-corrected chi connectivity index (χ2v) is 4.48. The number of hydrogen-bond donors (Lipinski definition) is 0. The van der Waals surface area contributed by atoms with Gasteiger partial charge in [0.1, 0.15) is 0 Å². The van der Waals surface area contributed by atoms with Gasteiger partial charge in [0.15, 0.2) is 0 Å². The lowest BCUT2D eigenvalue weighted by atomic mass is 10.2. The molecule has 1 aliphatic rings. The van der Waals surface area contributed by atoms with Crippen LogP contribution in [0.4, 0.5) is 5.69 Å². The molecule has 0 saturated carbocycles. The van der Waals surface area contributed by atoms with E-state index in [1.165, 1.54) is 9.80 Å². The Morgan fingerprint density at radius 3 is 2.32 bits per heavy atom. The lowest BCUT2D eigenvalue weighted by molar-refractivity contribution is -0.138. The SMILES string of the molecule is CN(C(=O)CCN1C(=O)CCC1=O)c1ccccc1. The van der Waals surface area contributed by atoms with Gasteiger partial charge in [-0.25, -0.2) is 0 Å². The molecule has 0 aromatic heterocycles. The van der Waals surface area contributed by atoms with Crippen molar-refractivity contribution in [3.63, 3.8) is 0 Å². The molecule has 0 atom stereocenters. The maximum atomic E-state index is 12.0. The summed E-state index contributed by atoms with van der Waals surface area (Å²) in [6, 6.07) is 9.26. The number of para-hydroxylation sites is 1. The molecule has 2 rings (SSSR count). The number of nitrogens with zero attached hydrogens (tertiary/aromatic N) is 2. The first-order chi connectivity index (χ1) is 9.09. The van der Waals surface area contributed by atoms with Crippen molar-refractivity contribution in [3.8, 4) is 0 Å². The van der Waals surface area contributed by atoms with Crippen LogP contribution >= 0.6 is 0 Å². The summed E-state index contributed by atoms with van der Waals surface area (Å²) < 4.78 is 0. The van der Waals surface area contributed by atoms with Crippen LogP contribution in [0.15, 0.2) is 30.3 Å². The summed E-state index contributed by atoms with van der Waals surface area (Å²) in [5.41, 5.74) is 0.798. The minimum absolute atomic E-state index is 0.112. The van der Waals surface area contributed by atoms with Crippen molar-refractivity contribution in [1.29, 1.82) is 0 Å². The average molecular weight is 260 g/mol. The van der Waals surface area contributed by atoms with E-state index in [0.717, 1.165) is 5.69 Å². The maximum Gasteiger partial charge on any atom is 0.229 e. The molecule has 0 bridgehead atoms. The van der Waals surface area contributed by atoms with E-state index in [1.807, 2.05) is 30.3 Å². The summed E-state index contributed by atoms with van der Waals surface area (Å²) in [5.74, 6) is -0.473. The van der Waals surface area contributed by atoms with Crippen LogP contribution in [0.3, 0.4) is 0 Å². The summed E-state index contributed by atoms with van der Waals surface area (Å²) in [6.07, 6.45) is 0.686. The van der Waals surface area contributed by atoms with Crippen molar-refractivity contribution in [2.24, 2.45) is 0 Å². The van der Waals surface area contributed by atoms with Crippen LogP contribution < -0.4 is 4.90 Å². The first-order valence-electron chi connectivity index (χ1n) is 6.24. The predicted molar refractivity (Wildman–Crippen MR) is 70.4 cm³/mol. The zero-order valence-electron chi connectivity index (χ0n) is 10.8.